The van der Waals surface area contributed by atoms with Crippen LogP contribution in [0.1, 0.15) is 25.3 Å². The maximum Gasteiger partial charge on any atom is 0.306 e. The normalized spacial score (nSPS) is 10.1. The minimum Gasteiger partial charge on any atom is -0.483 e. The lowest BCUT2D eigenvalue weighted by atomic mass is 10.2. The molecule has 0 spiro atoms. The topological polar surface area (TPSA) is 52.6 Å². The van der Waals surface area contributed by atoms with E-state index < -0.39 is 11.8 Å². The van der Waals surface area contributed by atoms with Gasteiger partial charge in [0.2, 0.25) is 0 Å². The Kier molecular flexibility index (Phi) is 5.99. The summed E-state index contributed by atoms with van der Waals surface area (Å²) in [5, 5.41) is 0. The van der Waals surface area contributed by atoms with E-state index in [9.17, 15) is 14.0 Å². The van der Waals surface area contributed by atoms with Crippen molar-refractivity contribution in [2.75, 3.05) is 13.2 Å². The molecule has 0 radical (unpaired) electrons. The molecule has 0 aromatic heterocycles. The Labute approximate surface area is 111 Å². The third-order valence-electron chi connectivity index (χ3n) is 2.39. The Hall–Kier alpha value is -1.91. The standard InChI is InChI=1S/C14H17FO4/c1-3-18-14(17)7-5-11(16)9-19-13-8-10(2)4-6-12(13)15/h4,6,8H,3,5,7,9H2,1-2H3. The van der Waals surface area contributed by atoms with Gasteiger partial charge in [0, 0.05) is 6.42 Å². The minimum absolute atomic E-state index is 0.0202. The van der Waals surface area contributed by atoms with Gasteiger partial charge in [0.1, 0.15) is 6.61 Å². The molecule has 0 fully saturated rings. The van der Waals surface area contributed by atoms with Crippen molar-refractivity contribution in [3.8, 4) is 5.75 Å². The van der Waals surface area contributed by atoms with Crippen molar-refractivity contribution in [2.45, 2.75) is 26.7 Å². The Morgan fingerprint density at radius 1 is 1.26 bits per heavy atom. The van der Waals surface area contributed by atoms with Crippen molar-refractivity contribution in [2.24, 2.45) is 0 Å². The second-order valence-corrected chi connectivity index (χ2v) is 4.07. The van der Waals surface area contributed by atoms with E-state index in [0.29, 0.717) is 0 Å². The number of carbonyl (C=O) groups excluding carboxylic acids is 2. The SMILES string of the molecule is CCOC(=O)CCC(=O)COc1cc(C)ccc1F. The van der Waals surface area contributed by atoms with E-state index in [1.54, 1.807) is 19.9 Å². The minimum atomic E-state index is -0.510. The molecule has 104 valence electrons. The van der Waals surface area contributed by atoms with Crippen molar-refractivity contribution in [3.05, 3.63) is 29.6 Å². The fraction of sp³-hybridized carbons (Fsp3) is 0.429. The van der Waals surface area contributed by atoms with Gasteiger partial charge in [-0.2, -0.15) is 0 Å². The highest BCUT2D eigenvalue weighted by atomic mass is 19.1. The Morgan fingerprint density at radius 2 is 2.00 bits per heavy atom. The molecule has 1 aromatic rings. The monoisotopic (exact) mass is 268 g/mol. The summed E-state index contributed by atoms with van der Waals surface area (Å²) < 4.78 is 23.1. The summed E-state index contributed by atoms with van der Waals surface area (Å²) in [5.41, 5.74) is 0.843. The molecular weight excluding hydrogens is 251 g/mol. The van der Waals surface area contributed by atoms with Crippen LogP contribution < -0.4 is 4.74 Å². The van der Waals surface area contributed by atoms with Crippen LogP contribution in [-0.4, -0.2) is 25.0 Å². The predicted octanol–water partition coefficient (Wildman–Crippen LogP) is 2.43. The van der Waals surface area contributed by atoms with E-state index in [0.717, 1.165) is 5.56 Å². The molecule has 5 heteroatoms. The molecule has 0 unspecified atom stereocenters. The molecule has 0 atom stereocenters. The van der Waals surface area contributed by atoms with Gasteiger partial charge in [0.05, 0.1) is 13.0 Å². The molecule has 0 bridgehead atoms. The Bertz CT molecular complexity index is 457. The number of esters is 1. The van der Waals surface area contributed by atoms with Crippen molar-refractivity contribution >= 4 is 11.8 Å². The van der Waals surface area contributed by atoms with Crippen LogP contribution in [0.2, 0.25) is 0 Å². The first kappa shape index (κ1) is 15.1. The molecule has 0 saturated heterocycles. The highest BCUT2D eigenvalue weighted by molar-refractivity contribution is 5.84. The second-order valence-electron chi connectivity index (χ2n) is 4.07. The number of benzene rings is 1. The number of aryl methyl sites for hydroxylation is 1. The molecular formula is C14H17FO4. The van der Waals surface area contributed by atoms with Crippen molar-refractivity contribution in [1.29, 1.82) is 0 Å². The summed E-state index contributed by atoms with van der Waals surface area (Å²) >= 11 is 0. The zero-order chi connectivity index (χ0) is 14.3. The van der Waals surface area contributed by atoms with Gasteiger partial charge in [0.25, 0.3) is 0 Å². The maximum atomic E-state index is 13.3. The van der Waals surface area contributed by atoms with Crippen LogP contribution in [0.4, 0.5) is 4.39 Å². The highest BCUT2D eigenvalue weighted by Gasteiger charge is 2.10. The summed E-state index contributed by atoms with van der Waals surface area (Å²) in [6, 6.07) is 4.42. The molecule has 4 nitrogen and oxygen atoms in total. The molecule has 1 aromatic carbocycles. The van der Waals surface area contributed by atoms with Crippen LogP contribution in [0, 0.1) is 12.7 Å². The van der Waals surface area contributed by atoms with Crippen LogP contribution in [0.3, 0.4) is 0 Å². The zero-order valence-electron chi connectivity index (χ0n) is 11.1. The summed E-state index contributed by atoms with van der Waals surface area (Å²) in [6.07, 6.45) is 0.0542. The lowest BCUT2D eigenvalue weighted by Gasteiger charge is -2.07. The number of Topliss-reactive ketones (excluding diaryl/α,β-unsaturated/α-hetero) is 1. The van der Waals surface area contributed by atoms with Gasteiger partial charge in [0.15, 0.2) is 17.3 Å². The maximum absolute atomic E-state index is 13.3. The number of rotatable bonds is 7. The average molecular weight is 268 g/mol. The Balaban J connectivity index is 2.38. The Morgan fingerprint density at radius 3 is 2.68 bits per heavy atom. The number of ketones is 1. The zero-order valence-corrected chi connectivity index (χ0v) is 11.1. The van der Waals surface area contributed by atoms with Crippen LogP contribution >= 0.6 is 0 Å². The molecule has 1 rings (SSSR count). The first-order chi connectivity index (χ1) is 9.02. The average Bonchev–Trinajstić information content (AvgIpc) is 2.38. The third-order valence-corrected chi connectivity index (χ3v) is 2.39. The summed E-state index contributed by atoms with van der Waals surface area (Å²) in [7, 11) is 0. The summed E-state index contributed by atoms with van der Waals surface area (Å²) in [6.45, 7) is 3.54. The first-order valence-electron chi connectivity index (χ1n) is 6.09. The van der Waals surface area contributed by atoms with Crippen LogP contribution in [-0.2, 0) is 14.3 Å². The van der Waals surface area contributed by atoms with Crippen molar-refractivity contribution in [3.63, 3.8) is 0 Å². The molecule has 0 N–H and O–H groups in total. The highest BCUT2D eigenvalue weighted by Crippen LogP contribution is 2.18. The molecule has 0 aliphatic heterocycles. The van der Waals surface area contributed by atoms with Gasteiger partial charge in [-0.3, -0.25) is 9.59 Å². The van der Waals surface area contributed by atoms with Gasteiger partial charge < -0.3 is 9.47 Å². The number of hydrogen-bond donors (Lipinski definition) is 0. The fourth-order valence-corrected chi connectivity index (χ4v) is 1.43. The van der Waals surface area contributed by atoms with E-state index in [4.69, 9.17) is 9.47 Å². The third kappa shape index (κ3) is 5.50. The van der Waals surface area contributed by atoms with Gasteiger partial charge in [-0.25, -0.2) is 4.39 Å². The number of hydrogen-bond acceptors (Lipinski definition) is 4. The van der Waals surface area contributed by atoms with Gasteiger partial charge >= 0.3 is 5.97 Å². The molecule has 0 aliphatic rings. The molecule has 19 heavy (non-hydrogen) atoms. The first-order valence-corrected chi connectivity index (χ1v) is 6.09. The van der Waals surface area contributed by atoms with E-state index in [1.807, 2.05) is 0 Å². The summed E-state index contributed by atoms with van der Waals surface area (Å²) in [5.74, 6) is -1.15. The molecule has 0 heterocycles. The molecule has 0 aliphatic carbocycles. The van der Waals surface area contributed by atoms with Gasteiger partial charge in [-0.15, -0.1) is 0 Å². The van der Waals surface area contributed by atoms with E-state index >= 15 is 0 Å². The number of ether oxygens (including phenoxy) is 2. The largest absolute Gasteiger partial charge is 0.483 e. The van der Waals surface area contributed by atoms with Crippen LogP contribution in [0.5, 0.6) is 5.75 Å². The quantitative estimate of drug-likeness (QED) is 0.713. The van der Waals surface area contributed by atoms with Gasteiger partial charge in [-0.1, -0.05) is 6.07 Å². The lowest BCUT2D eigenvalue weighted by Crippen LogP contribution is -2.14. The van der Waals surface area contributed by atoms with Crippen LogP contribution in [0.15, 0.2) is 18.2 Å². The van der Waals surface area contributed by atoms with E-state index in [-0.39, 0.29) is 37.6 Å². The van der Waals surface area contributed by atoms with Crippen molar-refractivity contribution in [1.82, 2.24) is 0 Å². The van der Waals surface area contributed by atoms with Crippen LogP contribution in [0.25, 0.3) is 0 Å². The predicted molar refractivity (Wildman–Crippen MR) is 67.5 cm³/mol. The lowest BCUT2D eigenvalue weighted by molar-refractivity contribution is -0.144. The molecule has 0 saturated carbocycles. The summed E-state index contributed by atoms with van der Waals surface area (Å²) in [4.78, 5) is 22.5. The fourth-order valence-electron chi connectivity index (χ4n) is 1.43. The van der Waals surface area contributed by atoms with Gasteiger partial charge in [-0.05, 0) is 31.5 Å². The number of halogens is 1. The van der Waals surface area contributed by atoms with Crippen molar-refractivity contribution < 1.29 is 23.5 Å². The second kappa shape index (κ2) is 7.51. The number of carbonyl (C=O) groups is 2. The smallest absolute Gasteiger partial charge is 0.306 e. The van der Waals surface area contributed by atoms with E-state index in [1.165, 1.54) is 12.1 Å². The van der Waals surface area contributed by atoms with E-state index in [2.05, 4.69) is 0 Å². The molecule has 0 amide bonds.